The molecule has 0 unspecified atom stereocenters. The molecule has 1 N–H and O–H groups in total. The molecule has 1 amide bonds. The summed E-state index contributed by atoms with van der Waals surface area (Å²) < 4.78 is 10.4. The third-order valence-electron chi connectivity index (χ3n) is 4.35. The van der Waals surface area contributed by atoms with Crippen LogP contribution in [0.3, 0.4) is 0 Å². The third-order valence-corrected chi connectivity index (χ3v) is 4.35. The Labute approximate surface area is 171 Å². The molecule has 0 saturated heterocycles. The number of rotatable bonds is 7. The van der Waals surface area contributed by atoms with Crippen molar-refractivity contribution in [2.24, 2.45) is 0 Å². The third kappa shape index (κ3) is 5.59. The van der Waals surface area contributed by atoms with Gasteiger partial charge < -0.3 is 14.8 Å². The number of ether oxygens (including phenoxy) is 2. The summed E-state index contributed by atoms with van der Waals surface area (Å²) in [6, 6.07) is 24.5. The molecule has 0 saturated carbocycles. The van der Waals surface area contributed by atoms with E-state index in [9.17, 15) is 4.79 Å². The number of benzene rings is 3. The van der Waals surface area contributed by atoms with E-state index >= 15 is 0 Å². The summed E-state index contributed by atoms with van der Waals surface area (Å²) in [6.45, 7) is 0. The molecule has 0 heterocycles. The molecular formula is C25H23NO3. The summed E-state index contributed by atoms with van der Waals surface area (Å²) in [5.41, 5.74) is 3.21. The van der Waals surface area contributed by atoms with Gasteiger partial charge >= 0.3 is 0 Å². The van der Waals surface area contributed by atoms with Crippen molar-refractivity contribution in [3.05, 3.63) is 108 Å². The summed E-state index contributed by atoms with van der Waals surface area (Å²) in [4.78, 5) is 12.7. The fraction of sp³-hybridized carbons (Fsp3) is 0.0800. The van der Waals surface area contributed by atoms with Gasteiger partial charge in [0.15, 0.2) is 0 Å². The second kappa shape index (κ2) is 9.95. The van der Waals surface area contributed by atoms with Gasteiger partial charge in [0.25, 0.3) is 5.91 Å². The Morgan fingerprint density at radius 1 is 0.759 bits per heavy atom. The zero-order chi connectivity index (χ0) is 20.5. The lowest BCUT2D eigenvalue weighted by molar-refractivity contribution is 0.0973. The molecule has 0 aromatic heterocycles. The summed E-state index contributed by atoms with van der Waals surface area (Å²) in [5, 5.41) is 3.00. The minimum atomic E-state index is -0.192. The van der Waals surface area contributed by atoms with Gasteiger partial charge in [-0.25, -0.2) is 0 Å². The SMILES string of the molecule is COc1ccc(C(=O)N/C(=C/C=C/c2ccccc2)c2ccc(OC)cc2)cc1. The Balaban J connectivity index is 1.85. The van der Waals surface area contributed by atoms with Crippen LogP contribution in [-0.2, 0) is 0 Å². The van der Waals surface area contributed by atoms with Gasteiger partial charge in [-0.2, -0.15) is 0 Å². The van der Waals surface area contributed by atoms with E-state index in [1.807, 2.05) is 72.8 Å². The number of carbonyl (C=O) groups is 1. The lowest BCUT2D eigenvalue weighted by Crippen LogP contribution is -2.21. The molecule has 3 aromatic rings. The lowest BCUT2D eigenvalue weighted by Gasteiger charge is -2.11. The van der Waals surface area contributed by atoms with Crippen LogP contribution in [0.5, 0.6) is 11.5 Å². The Morgan fingerprint density at radius 3 is 1.86 bits per heavy atom. The number of hydrogen-bond acceptors (Lipinski definition) is 3. The predicted molar refractivity (Wildman–Crippen MR) is 117 cm³/mol. The van der Waals surface area contributed by atoms with Gasteiger partial charge in [0.2, 0.25) is 0 Å². The van der Waals surface area contributed by atoms with Crippen molar-refractivity contribution >= 4 is 17.7 Å². The normalized spacial score (nSPS) is 11.3. The Hall–Kier alpha value is -3.79. The first-order valence-electron chi connectivity index (χ1n) is 9.23. The van der Waals surface area contributed by atoms with Crippen LogP contribution in [0.15, 0.2) is 91.0 Å². The van der Waals surface area contributed by atoms with Crippen molar-refractivity contribution in [1.29, 1.82) is 0 Å². The zero-order valence-electron chi connectivity index (χ0n) is 16.5. The second-order valence-electron chi connectivity index (χ2n) is 6.26. The van der Waals surface area contributed by atoms with Gasteiger partial charge in [-0.05, 0) is 65.7 Å². The maximum Gasteiger partial charge on any atom is 0.255 e. The van der Waals surface area contributed by atoms with Gasteiger partial charge in [0.05, 0.1) is 14.2 Å². The number of carbonyl (C=O) groups excluding carboxylic acids is 1. The van der Waals surface area contributed by atoms with Crippen molar-refractivity contribution in [3.63, 3.8) is 0 Å². The number of methoxy groups -OCH3 is 2. The first-order chi connectivity index (χ1) is 14.2. The highest BCUT2D eigenvalue weighted by atomic mass is 16.5. The van der Waals surface area contributed by atoms with E-state index in [4.69, 9.17) is 9.47 Å². The minimum Gasteiger partial charge on any atom is -0.497 e. The van der Waals surface area contributed by atoms with E-state index in [-0.39, 0.29) is 5.91 Å². The minimum absolute atomic E-state index is 0.192. The molecule has 29 heavy (non-hydrogen) atoms. The van der Waals surface area contributed by atoms with Crippen molar-refractivity contribution in [2.45, 2.75) is 0 Å². The molecule has 0 radical (unpaired) electrons. The van der Waals surface area contributed by atoms with Crippen LogP contribution in [-0.4, -0.2) is 20.1 Å². The van der Waals surface area contributed by atoms with Crippen molar-refractivity contribution < 1.29 is 14.3 Å². The Kier molecular flexibility index (Phi) is 6.85. The fourth-order valence-electron chi connectivity index (χ4n) is 2.74. The molecule has 3 rings (SSSR count). The predicted octanol–water partition coefficient (Wildman–Crippen LogP) is 5.19. The monoisotopic (exact) mass is 385 g/mol. The number of amides is 1. The molecule has 0 bridgehead atoms. The van der Waals surface area contributed by atoms with Crippen LogP contribution in [0.2, 0.25) is 0 Å². The van der Waals surface area contributed by atoms with Gasteiger partial charge in [0, 0.05) is 11.3 Å². The highest BCUT2D eigenvalue weighted by Gasteiger charge is 2.09. The summed E-state index contributed by atoms with van der Waals surface area (Å²) in [6.07, 6.45) is 5.79. The molecule has 0 aliphatic carbocycles. The van der Waals surface area contributed by atoms with E-state index < -0.39 is 0 Å². The highest BCUT2D eigenvalue weighted by molar-refractivity contribution is 5.99. The van der Waals surface area contributed by atoms with Crippen LogP contribution in [0.4, 0.5) is 0 Å². The van der Waals surface area contributed by atoms with Gasteiger partial charge in [-0.3, -0.25) is 4.79 Å². The molecular weight excluding hydrogens is 362 g/mol. The molecule has 0 spiro atoms. The molecule has 0 atom stereocenters. The summed E-state index contributed by atoms with van der Waals surface area (Å²) >= 11 is 0. The average molecular weight is 385 g/mol. The Morgan fingerprint density at radius 2 is 1.31 bits per heavy atom. The van der Waals surface area contributed by atoms with E-state index in [1.165, 1.54) is 0 Å². The number of nitrogens with one attached hydrogen (secondary N) is 1. The van der Waals surface area contributed by atoms with Crippen molar-refractivity contribution in [2.75, 3.05) is 14.2 Å². The van der Waals surface area contributed by atoms with Crippen LogP contribution in [0.1, 0.15) is 21.5 Å². The van der Waals surface area contributed by atoms with E-state index in [0.29, 0.717) is 17.0 Å². The summed E-state index contributed by atoms with van der Waals surface area (Å²) in [5.74, 6) is 1.27. The van der Waals surface area contributed by atoms with Gasteiger partial charge in [-0.15, -0.1) is 0 Å². The van der Waals surface area contributed by atoms with Crippen molar-refractivity contribution in [1.82, 2.24) is 5.32 Å². The van der Waals surface area contributed by atoms with Crippen molar-refractivity contribution in [3.8, 4) is 11.5 Å². The van der Waals surface area contributed by atoms with Crippen LogP contribution in [0.25, 0.3) is 11.8 Å². The first kappa shape index (κ1) is 20.0. The largest absolute Gasteiger partial charge is 0.497 e. The topological polar surface area (TPSA) is 47.6 Å². The maximum absolute atomic E-state index is 12.7. The maximum atomic E-state index is 12.7. The smallest absolute Gasteiger partial charge is 0.255 e. The van der Waals surface area contributed by atoms with Crippen LogP contribution >= 0.6 is 0 Å². The molecule has 146 valence electrons. The molecule has 4 nitrogen and oxygen atoms in total. The summed E-state index contributed by atoms with van der Waals surface area (Å²) in [7, 11) is 3.22. The first-order valence-corrected chi connectivity index (χ1v) is 9.23. The Bertz CT molecular complexity index is 989. The van der Waals surface area contributed by atoms with Crippen LogP contribution < -0.4 is 14.8 Å². The standard InChI is InChI=1S/C25H23NO3/c1-28-22-15-11-20(12-16-22)24(10-6-9-19-7-4-3-5-8-19)26-25(27)21-13-17-23(29-2)18-14-21/h3-18H,1-2H3,(H,26,27)/b9-6+,24-10+. The van der Waals surface area contributed by atoms with E-state index in [1.54, 1.807) is 38.5 Å². The van der Waals surface area contributed by atoms with Gasteiger partial charge in [-0.1, -0.05) is 42.5 Å². The molecule has 0 fully saturated rings. The number of hydrogen-bond donors (Lipinski definition) is 1. The van der Waals surface area contributed by atoms with Gasteiger partial charge in [0.1, 0.15) is 11.5 Å². The van der Waals surface area contributed by atoms with Crippen LogP contribution in [0, 0.1) is 0 Å². The molecule has 0 aliphatic rings. The lowest BCUT2D eigenvalue weighted by atomic mass is 10.1. The number of allylic oxidation sites excluding steroid dienone is 2. The zero-order valence-corrected chi connectivity index (χ0v) is 16.5. The molecule has 3 aromatic carbocycles. The van der Waals surface area contributed by atoms with E-state index in [0.717, 1.165) is 16.9 Å². The highest BCUT2D eigenvalue weighted by Crippen LogP contribution is 2.19. The second-order valence-corrected chi connectivity index (χ2v) is 6.26. The fourth-order valence-corrected chi connectivity index (χ4v) is 2.74. The molecule has 4 heteroatoms. The quantitative estimate of drug-likeness (QED) is 0.570. The average Bonchev–Trinajstić information content (AvgIpc) is 2.79. The molecule has 0 aliphatic heterocycles. The van der Waals surface area contributed by atoms with E-state index in [2.05, 4.69) is 5.32 Å².